The van der Waals surface area contributed by atoms with Crippen LogP contribution in [0.2, 0.25) is 0 Å². The molecule has 7 nitrogen and oxygen atoms in total. The molecule has 0 aliphatic heterocycles. The third-order valence-electron chi connectivity index (χ3n) is 2.73. The average Bonchev–Trinajstić information content (AvgIpc) is 2.46. The second-order valence-corrected chi connectivity index (χ2v) is 7.32. The van der Waals surface area contributed by atoms with E-state index in [9.17, 15) is 19.7 Å². The lowest BCUT2D eigenvalue weighted by Crippen LogP contribution is -2.35. The van der Waals surface area contributed by atoms with Crippen molar-refractivity contribution in [3.8, 4) is 0 Å². The van der Waals surface area contributed by atoms with Gasteiger partial charge in [-0.25, -0.2) is 0 Å². The summed E-state index contributed by atoms with van der Waals surface area (Å²) in [6.07, 6.45) is 0. The van der Waals surface area contributed by atoms with E-state index in [0.717, 1.165) is 0 Å². The van der Waals surface area contributed by atoms with Gasteiger partial charge in [0.2, 0.25) is 0 Å². The maximum Gasteiger partial charge on any atom is 0.325 e. The Morgan fingerprint density at radius 3 is 1.65 bits per heavy atom. The first-order valence-corrected chi connectivity index (χ1v) is 8.51. The number of carbonyl (C=O) groups is 2. The lowest BCUT2D eigenvalue weighted by atomic mass is 9.96. The van der Waals surface area contributed by atoms with Crippen LogP contribution in [-0.2, 0) is 19.1 Å². The first kappa shape index (κ1) is 23.6. The van der Waals surface area contributed by atoms with Gasteiger partial charge in [-0.1, -0.05) is 32.0 Å². The van der Waals surface area contributed by atoms with Gasteiger partial charge < -0.3 is 9.47 Å². The lowest BCUT2D eigenvalue weighted by Gasteiger charge is -2.26. The Kier molecular flexibility index (Phi) is 8.44. The van der Waals surface area contributed by atoms with Crippen molar-refractivity contribution in [2.24, 2.45) is 0 Å². The van der Waals surface area contributed by atoms with Crippen LogP contribution in [0.5, 0.6) is 0 Å². The van der Waals surface area contributed by atoms with Gasteiger partial charge in [0.1, 0.15) is 11.2 Å². The number of ether oxygens (including phenoxy) is 2. The van der Waals surface area contributed by atoms with Gasteiger partial charge in [-0.2, -0.15) is 0 Å². The van der Waals surface area contributed by atoms with Crippen LogP contribution in [0.3, 0.4) is 0 Å². The molecule has 7 heteroatoms. The number of hydrogen-bond acceptors (Lipinski definition) is 6. The predicted octanol–water partition coefficient (Wildman–Crippen LogP) is 4.39. The second kappa shape index (κ2) is 9.31. The smallest absolute Gasteiger partial charge is 0.325 e. The van der Waals surface area contributed by atoms with Crippen molar-refractivity contribution in [2.45, 2.75) is 72.5 Å². The van der Waals surface area contributed by atoms with Crippen molar-refractivity contribution < 1.29 is 24.0 Å². The SMILES string of the molecule is CC.CC(C)(C)OC(=O)C(C(=O)OC(C)(C)C)c1ccccc1[N+](=O)[O-]. The van der Waals surface area contributed by atoms with Gasteiger partial charge in [-0.3, -0.25) is 19.7 Å². The van der Waals surface area contributed by atoms with E-state index >= 15 is 0 Å². The zero-order valence-electron chi connectivity index (χ0n) is 16.8. The molecule has 0 bridgehead atoms. The molecule has 0 spiro atoms. The van der Waals surface area contributed by atoms with Crippen LogP contribution in [0, 0.1) is 10.1 Å². The van der Waals surface area contributed by atoms with Gasteiger partial charge in [0, 0.05) is 6.07 Å². The molecule has 0 atom stereocenters. The Morgan fingerprint density at radius 2 is 1.31 bits per heavy atom. The van der Waals surface area contributed by atoms with Crippen molar-refractivity contribution in [1.29, 1.82) is 0 Å². The summed E-state index contributed by atoms with van der Waals surface area (Å²) in [5.74, 6) is -3.29. The van der Waals surface area contributed by atoms with E-state index in [0.29, 0.717) is 0 Å². The number of carbonyl (C=O) groups excluding carboxylic acids is 2. The maximum atomic E-state index is 12.5. The van der Waals surface area contributed by atoms with E-state index in [4.69, 9.17) is 9.47 Å². The van der Waals surface area contributed by atoms with Crippen molar-refractivity contribution >= 4 is 17.6 Å². The van der Waals surface area contributed by atoms with Crippen molar-refractivity contribution in [3.05, 3.63) is 39.9 Å². The minimum Gasteiger partial charge on any atom is -0.459 e. The molecule has 26 heavy (non-hydrogen) atoms. The number of esters is 2. The lowest BCUT2D eigenvalue weighted by molar-refractivity contribution is -0.385. The van der Waals surface area contributed by atoms with Crippen LogP contribution in [0.1, 0.15) is 66.9 Å². The van der Waals surface area contributed by atoms with Crippen LogP contribution in [0.25, 0.3) is 0 Å². The summed E-state index contributed by atoms with van der Waals surface area (Å²) >= 11 is 0. The van der Waals surface area contributed by atoms with E-state index in [2.05, 4.69) is 0 Å². The fraction of sp³-hybridized carbons (Fsp3) is 0.579. The molecular formula is C19H29NO6. The van der Waals surface area contributed by atoms with Crippen LogP contribution in [-0.4, -0.2) is 28.1 Å². The standard InChI is InChI=1S/C17H23NO6.C2H6/c1-16(2,3)23-14(19)13(15(20)24-17(4,5)6)11-9-7-8-10-12(11)18(21)22;1-2/h7-10,13H,1-6H3;1-2H3. The van der Waals surface area contributed by atoms with Crippen LogP contribution in [0.15, 0.2) is 24.3 Å². The molecule has 1 aromatic rings. The van der Waals surface area contributed by atoms with Gasteiger partial charge in [0.05, 0.1) is 10.5 Å². The Balaban J connectivity index is 0.00000301. The minimum atomic E-state index is -1.52. The maximum absolute atomic E-state index is 12.5. The van der Waals surface area contributed by atoms with E-state index < -0.39 is 34.0 Å². The van der Waals surface area contributed by atoms with E-state index in [1.807, 2.05) is 13.8 Å². The Hall–Kier alpha value is -2.44. The molecular weight excluding hydrogens is 338 g/mol. The Labute approximate surface area is 154 Å². The normalized spacial score (nSPS) is 11.3. The molecule has 0 unspecified atom stereocenters. The summed E-state index contributed by atoms with van der Waals surface area (Å²) in [7, 11) is 0. The summed E-state index contributed by atoms with van der Waals surface area (Å²) in [4.78, 5) is 35.6. The number of rotatable bonds is 4. The average molecular weight is 367 g/mol. The molecule has 0 radical (unpaired) electrons. The number of para-hydroxylation sites is 1. The van der Waals surface area contributed by atoms with Gasteiger partial charge in [-0.15, -0.1) is 0 Å². The molecule has 0 saturated heterocycles. The van der Waals surface area contributed by atoms with Gasteiger partial charge in [-0.05, 0) is 41.5 Å². The molecule has 1 aromatic carbocycles. The molecule has 0 aromatic heterocycles. The van der Waals surface area contributed by atoms with E-state index in [1.54, 1.807) is 41.5 Å². The highest BCUT2D eigenvalue weighted by Gasteiger charge is 2.39. The second-order valence-electron chi connectivity index (χ2n) is 7.32. The number of nitro groups is 1. The van der Waals surface area contributed by atoms with Crippen molar-refractivity contribution in [3.63, 3.8) is 0 Å². The molecule has 0 aliphatic rings. The van der Waals surface area contributed by atoms with Gasteiger partial charge in [0.15, 0.2) is 5.92 Å². The third kappa shape index (κ3) is 7.63. The van der Waals surface area contributed by atoms with E-state index in [-0.39, 0.29) is 11.3 Å². The topological polar surface area (TPSA) is 95.7 Å². The van der Waals surface area contributed by atoms with Crippen LogP contribution >= 0.6 is 0 Å². The molecule has 1 rings (SSSR count). The van der Waals surface area contributed by atoms with Gasteiger partial charge >= 0.3 is 11.9 Å². The predicted molar refractivity (Wildman–Crippen MR) is 98.9 cm³/mol. The quantitative estimate of drug-likeness (QED) is 0.339. The van der Waals surface area contributed by atoms with Gasteiger partial charge in [0.25, 0.3) is 5.69 Å². The summed E-state index contributed by atoms with van der Waals surface area (Å²) in [6.45, 7) is 13.9. The molecule has 0 amide bonds. The molecule has 0 saturated carbocycles. The van der Waals surface area contributed by atoms with Crippen LogP contribution < -0.4 is 0 Å². The van der Waals surface area contributed by atoms with Crippen LogP contribution in [0.4, 0.5) is 5.69 Å². The van der Waals surface area contributed by atoms with Crippen molar-refractivity contribution in [1.82, 2.24) is 0 Å². The van der Waals surface area contributed by atoms with Crippen molar-refractivity contribution in [2.75, 3.05) is 0 Å². The number of nitrogens with zero attached hydrogens (tertiary/aromatic N) is 1. The first-order valence-electron chi connectivity index (χ1n) is 8.51. The van der Waals surface area contributed by atoms with E-state index in [1.165, 1.54) is 24.3 Å². The first-order chi connectivity index (χ1) is 11.8. The zero-order valence-corrected chi connectivity index (χ0v) is 16.8. The number of nitro benzene ring substituents is 1. The Morgan fingerprint density at radius 1 is 0.923 bits per heavy atom. The fourth-order valence-electron chi connectivity index (χ4n) is 1.97. The number of hydrogen-bond donors (Lipinski definition) is 0. The molecule has 0 heterocycles. The Bertz CT molecular complexity index is 612. The zero-order chi connectivity index (χ0) is 20.7. The highest BCUT2D eigenvalue weighted by Crippen LogP contribution is 2.31. The molecule has 0 N–H and O–H groups in total. The third-order valence-corrected chi connectivity index (χ3v) is 2.73. The highest BCUT2D eigenvalue weighted by atomic mass is 16.6. The largest absolute Gasteiger partial charge is 0.459 e. The fourth-order valence-corrected chi connectivity index (χ4v) is 1.97. The summed E-state index contributed by atoms with van der Waals surface area (Å²) in [5, 5.41) is 11.2. The monoisotopic (exact) mass is 367 g/mol. The summed E-state index contributed by atoms with van der Waals surface area (Å²) in [6, 6.07) is 5.57. The number of benzene rings is 1. The highest BCUT2D eigenvalue weighted by molar-refractivity contribution is 6.02. The minimum absolute atomic E-state index is 0.0500. The summed E-state index contributed by atoms with van der Waals surface area (Å²) < 4.78 is 10.5. The molecule has 0 aliphatic carbocycles. The molecule has 146 valence electrons. The molecule has 0 fully saturated rings. The summed E-state index contributed by atoms with van der Waals surface area (Å²) in [5.41, 5.74) is -2.08.